The van der Waals surface area contributed by atoms with Crippen LogP contribution in [0.25, 0.3) is 0 Å². The molecule has 136 valence electrons. The molecule has 1 fully saturated rings. The van der Waals surface area contributed by atoms with E-state index >= 15 is 0 Å². The van der Waals surface area contributed by atoms with Gasteiger partial charge in [-0.05, 0) is 36.6 Å². The molecule has 26 heavy (non-hydrogen) atoms. The first kappa shape index (κ1) is 18.5. The minimum absolute atomic E-state index is 0.0134. The van der Waals surface area contributed by atoms with E-state index in [1.165, 1.54) is 12.8 Å². The van der Waals surface area contributed by atoms with Crippen LogP contribution < -0.4 is 5.32 Å². The molecule has 0 saturated carbocycles. The summed E-state index contributed by atoms with van der Waals surface area (Å²) >= 11 is 6.13. The number of halogens is 1. The molecule has 0 radical (unpaired) electrons. The van der Waals surface area contributed by atoms with E-state index in [2.05, 4.69) is 5.32 Å². The molecule has 1 N–H and O–H groups in total. The van der Waals surface area contributed by atoms with Crippen LogP contribution in [-0.2, 0) is 11.2 Å². The number of para-hydroxylation sites is 1. The SMILES string of the molecule is O=C(Cc1ccccc1Cl)Nc1ccccc1C(=O)N1CCCCCC1. The zero-order chi connectivity index (χ0) is 18.4. The lowest BCUT2D eigenvalue weighted by molar-refractivity contribution is -0.115. The second-order valence-corrected chi connectivity index (χ2v) is 6.98. The van der Waals surface area contributed by atoms with E-state index in [0.717, 1.165) is 31.5 Å². The van der Waals surface area contributed by atoms with Gasteiger partial charge in [-0.15, -0.1) is 0 Å². The number of amides is 2. The predicted molar refractivity (Wildman–Crippen MR) is 105 cm³/mol. The third kappa shape index (κ3) is 4.64. The molecule has 3 rings (SSSR count). The van der Waals surface area contributed by atoms with Crippen LogP contribution in [0.1, 0.15) is 41.6 Å². The van der Waals surface area contributed by atoms with Crippen molar-refractivity contribution in [2.24, 2.45) is 0 Å². The van der Waals surface area contributed by atoms with Gasteiger partial charge < -0.3 is 10.2 Å². The van der Waals surface area contributed by atoms with Crippen molar-refractivity contribution in [1.29, 1.82) is 0 Å². The van der Waals surface area contributed by atoms with Crippen LogP contribution in [-0.4, -0.2) is 29.8 Å². The number of rotatable bonds is 4. The van der Waals surface area contributed by atoms with Gasteiger partial charge >= 0.3 is 0 Å². The average molecular weight is 371 g/mol. The molecule has 5 heteroatoms. The van der Waals surface area contributed by atoms with Crippen LogP contribution in [0.5, 0.6) is 0 Å². The lowest BCUT2D eigenvalue weighted by Crippen LogP contribution is -2.32. The molecule has 2 aromatic rings. The van der Waals surface area contributed by atoms with Gasteiger partial charge in [0.25, 0.3) is 5.91 Å². The first-order valence-electron chi connectivity index (χ1n) is 9.07. The van der Waals surface area contributed by atoms with Gasteiger partial charge in [-0.1, -0.05) is 54.8 Å². The van der Waals surface area contributed by atoms with Gasteiger partial charge in [-0.25, -0.2) is 0 Å². The molecule has 1 aliphatic rings. The summed E-state index contributed by atoms with van der Waals surface area (Å²) in [7, 11) is 0. The Hall–Kier alpha value is -2.33. The van der Waals surface area contributed by atoms with E-state index in [0.29, 0.717) is 16.3 Å². The topological polar surface area (TPSA) is 49.4 Å². The van der Waals surface area contributed by atoms with Gasteiger partial charge in [-0.3, -0.25) is 9.59 Å². The number of likely N-dealkylation sites (tertiary alicyclic amines) is 1. The molecule has 0 atom stereocenters. The van der Waals surface area contributed by atoms with Gasteiger partial charge in [-0.2, -0.15) is 0 Å². The molecule has 4 nitrogen and oxygen atoms in total. The van der Waals surface area contributed by atoms with Crippen molar-refractivity contribution < 1.29 is 9.59 Å². The van der Waals surface area contributed by atoms with Gasteiger partial charge in [0.15, 0.2) is 0 Å². The molecule has 2 aromatic carbocycles. The molecule has 1 saturated heterocycles. The lowest BCUT2D eigenvalue weighted by atomic mass is 10.1. The Bertz CT molecular complexity index is 783. The van der Waals surface area contributed by atoms with Crippen LogP contribution in [0.15, 0.2) is 48.5 Å². The standard InChI is InChI=1S/C21H23ClN2O2/c22-18-11-5-3-9-16(18)15-20(25)23-19-12-6-4-10-17(19)21(26)24-13-7-1-2-8-14-24/h3-6,9-12H,1-2,7-8,13-15H2,(H,23,25). The average Bonchev–Trinajstić information content (AvgIpc) is 2.93. The molecular weight excluding hydrogens is 348 g/mol. The van der Waals surface area contributed by atoms with Crippen molar-refractivity contribution in [3.05, 3.63) is 64.7 Å². The quantitative estimate of drug-likeness (QED) is 0.859. The Morgan fingerprint density at radius 1 is 0.923 bits per heavy atom. The first-order valence-corrected chi connectivity index (χ1v) is 9.44. The van der Waals surface area contributed by atoms with Crippen molar-refractivity contribution in [1.82, 2.24) is 4.90 Å². The second kappa shape index (κ2) is 8.86. The third-order valence-corrected chi connectivity index (χ3v) is 5.00. The fourth-order valence-corrected chi connectivity index (χ4v) is 3.43. The number of nitrogens with one attached hydrogen (secondary N) is 1. The van der Waals surface area contributed by atoms with Crippen LogP contribution >= 0.6 is 11.6 Å². The monoisotopic (exact) mass is 370 g/mol. The Labute approximate surface area is 159 Å². The number of benzene rings is 2. The highest BCUT2D eigenvalue weighted by atomic mass is 35.5. The number of hydrogen-bond acceptors (Lipinski definition) is 2. The number of carbonyl (C=O) groups is 2. The minimum atomic E-state index is -0.186. The van der Waals surface area contributed by atoms with Gasteiger partial charge in [0.1, 0.15) is 0 Å². The number of hydrogen-bond donors (Lipinski definition) is 1. The second-order valence-electron chi connectivity index (χ2n) is 6.57. The van der Waals surface area contributed by atoms with E-state index in [4.69, 9.17) is 11.6 Å². The van der Waals surface area contributed by atoms with Crippen LogP contribution in [0.2, 0.25) is 5.02 Å². The van der Waals surface area contributed by atoms with E-state index in [1.54, 1.807) is 18.2 Å². The van der Waals surface area contributed by atoms with Gasteiger partial charge in [0.2, 0.25) is 5.91 Å². The maximum Gasteiger partial charge on any atom is 0.255 e. The summed E-state index contributed by atoms with van der Waals surface area (Å²) < 4.78 is 0. The van der Waals surface area contributed by atoms with Crippen molar-refractivity contribution in [3.8, 4) is 0 Å². The molecule has 1 heterocycles. The van der Waals surface area contributed by atoms with Crippen LogP contribution in [0.4, 0.5) is 5.69 Å². The maximum absolute atomic E-state index is 12.9. The van der Waals surface area contributed by atoms with Crippen LogP contribution in [0, 0.1) is 0 Å². The normalized spacial score (nSPS) is 14.6. The number of nitrogens with zero attached hydrogens (tertiary/aromatic N) is 1. The smallest absolute Gasteiger partial charge is 0.255 e. The van der Waals surface area contributed by atoms with Crippen LogP contribution in [0.3, 0.4) is 0 Å². The zero-order valence-corrected chi connectivity index (χ0v) is 15.5. The van der Waals surface area contributed by atoms with Gasteiger partial charge in [0.05, 0.1) is 17.7 Å². The largest absolute Gasteiger partial charge is 0.339 e. The molecule has 0 unspecified atom stereocenters. The van der Waals surface area contributed by atoms with E-state index in [1.807, 2.05) is 35.2 Å². The molecule has 2 amide bonds. The Morgan fingerprint density at radius 3 is 2.31 bits per heavy atom. The van der Waals surface area contributed by atoms with E-state index in [9.17, 15) is 9.59 Å². The summed E-state index contributed by atoms with van der Waals surface area (Å²) in [6, 6.07) is 14.5. The minimum Gasteiger partial charge on any atom is -0.339 e. The summed E-state index contributed by atoms with van der Waals surface area (Å²) in [5.74, 6) is -0.199. The highest BCUT2D eigenvalue weighted by Gasteiger charge is 2.20. The lowest BCUT2D eigenvalue weighted by Gasteiger charge is -2.22. The zero-order valence-electron chi connectivity index (χ0n) is 14.7. The fraction of sp³-hybridized carbons (Fsp3) is 0.333. The summed E-state index contributed by atoms with van der Waals surface area (Å²) in [6.45, 7) is 1.56. The Kier molecular flexibility index (Phi) is 6.29. The molecule has 0 aromatic heterocycles. The predicted octanol–water partition coefficient (Wildman–Crippen LogP) is 4.54. The molecule has 0 aliphatic carbocycles. The molecular formula is C21H23ClN2O2. The molecule has 0 spiro atoms. The summed E-state index contributed by atoms with van der Waals surface area (Å²) in [5.41, 5.74) is 1.86. The summed E-state index contributed by atoms with van der Waals surface area (Å²) in [5, 5.41) is 3.44. The van der Waals surface area contributed by atoms with Crippen molar-refractivity contribution in [2.75, 3.05) is 18.4 Å². The van der Waals surface area contributed by atoms with Crippen molar-refractivity contribution in [3.63, 3.8) is 0 Å². The highest BCUT2D eigenvalue weighted by Crippen LogP contribution is 2.21. The van der Waals surface area contributed by atoms with Crippen molar-refractivity contribution >= 4 is 29.1 Å². The summed E-state index contributed by atoms with van der Waals surface area (Å²) in [6.07, 6.45) is 4.57. The Morgan fingerprint density at radius 2 is 1.58 bits per heavy atom. The number of carbonyl (C=O) groups excluding carboxylic acids is 2. The van der Waals surface area contributed by atoms with E-state index < -0.39 is 0 Å². The third-order valence-electron chi connectivity index (χ3n) is 4.63. The number of anilines is 1. The fourth-order valence-electron chi connectivity index (χ4n) is 3.23. The van der Waals surface area contributed by atoms with E-state index in [-0.39, 0.29) is 18.2 Å². The maximum atomic E-state index is 12.9. The summed E-state index contributed by atoms with van der Waals surface area (Å²) in [4.78, 5) is 27.3. The van der Waals surface area contributed by atoms with Gasteiger partial charge in [0, 0.05) is 18.1 Å². The first-order chi connectivity index (χ1) is 12.6. The molecule has 1 aliphatic heterocycles. The molecule has 0 bridgehead atoms. The highest BCUT2D eigenvalue weighted by molar-refractivity contribution is 6.31. The van der Waals surface area contributed by atoms with Crippen molar-refractivity contribution in [2.45, 2.75) is 32.1 Å². The Balaban J connectivity index is 1.73.